The van der Waals surface area contributed by atoms with Gasteiger partial charge >= 0.3 is 11.9 Å². The topological polar surface area (TPSA) is 83.5 Å². The summed E-state index contributed by atoms with van der Waals surface area (Å²) in [6.45, 7) is 1.08. The third-order valence-electron chi connectivity index (χ3n) is 7.48. The summed E-state index contributed by atoms with van der Waals surface area (Å²) in [5.41, 5.74) is 2.20. The molecule has 1 spiro atoms. The molecule has 1 aromatic rings. The first-order chi connectivity index (χ1) is 15.5. The maximum absolute atomic E-state index is 12.5. The molecule has 0 N–H and O–H groups in total. The molecule has 32 heavy (non-hydrogen) atoms. The maximum Gasteiger partial charge on any atom is 0.307 e. The van der Waals surface area contributed by atoms with Gasteiger partial charge in [-0.3, -0.25) is 9.59 Å². The molecule has 2 aliphatic heterocycles. The molecule has 4 aliphatic rings. The fraction of sp³-hybridized carbons (Fsp3) is 0.583. The number of carbonyl (C=O) groups is 2. The smallest absolute Gasteiger partial charge is 0.307 e. The predicted octanol–water partition coefficient (Wildman–Crippen LogP) is 1.98. The highest BCUT2D eigenvalue weighted by atomic mass is 16.7. The number of likely N-dealkylation sites (tertiary alicyclic amines) is 1. The van der Waals surface area contributed by atoms with E-state index in [0.29, 0.717) is 11.8 Å². The normalized spacial score (nSPS) is 31.5. The largest absolute Gasteiger partial charge is 0.481 e. The number of hydrogen-bond donors (Lipinski definition) is 0. The van der Waals surface area contributed by atoms with Gasteiger partial charge in [0.1, 0.15) is 6.10 Å². The number of carbonyl (C=O) groups excluding carboxylic acids is 2. The van der Waals surface area contributed by atoms with Crippen molar-refractivity contribution in [3.63, 3.8) is 0 Å². The number of nitrogens with zero attached hydrogens (tertiary/aromatic N) is 1. The summed E-state index contributed by atoms with van der Waals surface area (Å²) in [6.07, 6.45) is 5.12. The Morgan fingerprint density at radius 1 is 1.19 bits per heavy atom. The molecule has 0 aromatic heterocycles. The van der Waals surface area contributed by atoms with Gasteiger partial charge in [-0.25, -0.2) is 0 Å². The van der Waals surface area contributed by atoms with Crippen LogP contribution in [-0.4, -0.2) is 69.7 Å². The number of likely N-dealkylation sites (N-methyl/N-ethyl adjacent to an activating group) is 1. The SMILES string of the molecule is COCOc1ccc2c3c1OC1[C@@H](OC(=O)CCC(=O)OC)C=C[C@H]4[C@@H](C2)N(C)CC[C@]314. The van der Waals surface area contributed by atoms with Crippen LogP contribution >= 0.6 is 0 Å². The Kier molecular flexibility index (Phi) is 5.37. The molecule has 0 radical (unpaired) electrons. The summed E-state index contributed by atoms with van der Waals surface area (Å²) < 4.78 is 28.0. The van der Waals surface area contributed by atoms with E-state index in [1.165, 1.54) is 18.2 Å². The Balaban J connectivity index is 1.50. The molecule has 0 saturated carbocycles. The van der Waals surface area contributed by atoms with Crippen LogP contribution in [0.3, 0.4) is 0 Å². The van der Waals surface area contributed by atoms with Gasteiger partial charge in [-0.05, 0) is 44.1 Å². The molecule has 1 saturated heterocycles. The summed E-state index contributed by atoms with van der Waals surface area (Å²) in [4.78, 5) is 26.4. The number of esters is 2. The summed E-state index contributed by atoms with van der Waals surface area (Å²) in [7, 11) is 5.07. The lowest BCUT2D eigenvalue weighted by Gasteiger charge is -2.56. The van der Waals surface area contributed by atoms with E-state index in [1.54, 1.807) is 7.11 Å². The van der Waals surface area contributed by atoms with Crippen LogP contribution < -0.4 is 9.47 Å². The lowest BCUT2D eigenvalue weighted by atomic mass is 9.53. The Bertz CT molecular complexity index is 960. The zero-order chi connectivity index (χ0) is 22.5. The van der Waals surface area contributed by atoms with Gasteiger partial charge in [-0.2, -0.15) is 0 Å². The van der Waals surface area contributed by atoms with Gasteiger partial charge in [0.15, 0.2) is 24.4 Å². The monoisotopic (exact) mass is 443 g/mol. The molecular weight excluding hydrogens is 414 g/mol. The van der Waals surface area contributed by atoms with E-state index < -0.39 is 18.0 Å². The van der Waals surface area contributed by atoms with Crippen molar-refractivity contribution >= 4 is 11.9 Å². The van der Waals surface area contributed by atoms with Gasteiger partial charge in [0.25, 0.3) is 0 Å². The fourth-order valence-electron chi connectivity index (χ4n) is 6.06. The van der Waals surface area contributed by atoms with Crippen molar-refractivity contribution in [2.24, 2.45) is 5.92 Å². The molecule has 5 atom stereocenters. The third kappa shape index (κ3) is 3.11. The van der Waals surface area contributed by atoms with Gasteiger partial charge in [0.2, 0.25) is 0 Å². The van der Waals surface area contributed by atoms with Crippen LogP contribution in [0.15, 0.2) is 24.3 Å². The Morgan fingerprint density at radius 3 is 2.78 bits per heavy atom. The molecule has 8 heteroatoms. The van der Waals surface area contributed by atoms with Crippen LogP contribution in [-0.2, 0) is 35.6 Å². The zero-order valence-electron chi connectivity index (χ0n) is 18.7. The van der Waals surface area contributed by atoms with Crippen LogP contribution in [0.25, 0.3) is 0 Å². The van der Waals surface area contributed by atoms with Gasteiger partial charge in [-0.1, -0.05) is 12.1 Å². The average Bonchev–Trinajstić information content (AvgIpc) is 3.15. The van der Waals surface area contributed by atoms with E-state index in [0.717, 1.165) is 25.1 Å². The first-order valence-corrected chi connectivity index (χ1v) is 11.1. The van der Waals surface area contributed by atoms with Crippen LogP contribution in [0.2, 0.25) is 0 Å². The Labute approximate surface area is 187 Å². The number of rotatable bonds is 7. The summed E-state index contributed by atoms with van der Waals surface area (Å²) in [5, 5.41) is 0. The maximum atomic E-state index is 12.5. The Morgan fingerprint density at radius 2 is 2.00 bits per heavy atom. The molecular formula is C24H29NO7. The van der Waals surface area contributed by atoms with Crippen LogP contribution in [0.5, 0.6) is 11.5 Å². The van der Waals surface area contributed by atoms with Crippen molar-refractivity contribution in [1.29, 1.82) is 0 Å². The van der Waals surface area contributed by atoms with E-state index in [1.807, 2.05) is 12.1 Å². The molecule has 5 rings (SSSR count). The van der Waals surface area contributed by atoms with Crippen LogP contribution in [0.1, 0.15) is 30.4 Å². The van der Waals surface area contributed by atoms with Crippen molar-refractivity contribution in [1.82, 2.24) is 4.90 Å². The van der Waals surface area contributed by atoms with E-state index in [4.69, 9.17) is 18.9 Å². The minimum atomic E-state index is -0.533. The summed E-state index contributed by atoms with van der Waals surface area (Å²) >= 11 is 0. The number of hydrogen-bond acceptors (Lipinski definition) is 8. The molecule has 0 amide bonds. The standard InChI is InChI=1S/C24H29NO7/c1-25-11-10-24-15-5-7-18(31-20(27)9-8-19(26)29-3)23(24)32-22-17(30-13-28-2)6-4-14(21(22)24)12-16(15)25/h4-7,15-16,18,23H,8-13H2,1-3H3/t15-,16+,18-,23?,24-/m0/s1. The van der Waals surface area contributed by atoms with Crippen molar-refractivity contribution in [2.75, 3.05) is 34.6 Å². The lowest BCUT2D eigenvalue weighted by Crippen LogP contribution is -2.65. The van der Waals surface area contributed by atoms with Crippen LogP contribution in [0.4, 0.5) is 0 Å². The Hall–Kier alpha value is -2.58. The zero-order valence-corrected chi connectivity index (χ0v) is 18.7. The van der Waals surface area contributed by atoms with E-state index in [9.17, 15) is 9.59 Å². The van der Waals surface area contributed by atoms with Crippen molar-refractivity contribution < 1.29 is 33.3 Å². The van der Waals surface area contributed by atoms with Crippen LogP contribution in [0, 0.1) is 5.92 Å². The summed E-state index contributed by atoms with van der Waals surface area (Å²) in [5.74, 6) is 0.802. The highest BCUT2D eigenvalue weighted by Gasteiger charge is 2.65. The second-order valence-corrected chi connectivity index (χ2v) is 9.00. The molecule has 2 bridgehead atoms. The number of methoxy groups -OCH3 is 2. The predicted molar refractivity (Wildman–Crippen MR) is 114 cm³/mol. The minimum absolute atomic E-state index is 0.00267. The average molecular weight is 443 g/mol. The molecule has 8 nitrogen and oxygen atoms in total. The van der Waals surface area contributed by atoms with Crippen molar-refractivity contribution in [2.45, 2.75) is 49.3 Å². The molecule has 2 aliphatic carbocycles. The van der Waals surface area contributed by atoms with Crippen molar-refractivity contribution in [3.8, 4) is 11.5 Å². The van der Waals surface area contributed by atoms with E-state index >= 15 is 0 Å². The van der Waals surface area contributed by atoms with Gasteiger partial charge in [-0.15, -0.1) is 0 Å². The molecule has 172 valence electrons. The number of ether oxygens (including phenoxy) is 5. The highest BCUT2D eigenvalue weighted by Crippen LogP contribution is 2.62. The second kappa shape index (κ2) is 8.08. The minimum Gasteiger partial charge on any atom is -0.481 e. The van der Waals surface area contributed by atoms with E-state index in [-0.39, 0.29) is 37.1 Å². The molecule has 1 fully saturated rings. The highest BCUT2D eigenvalue weighted by molar-refractivity contribution is 5.78. The third-order valence-corrected chi connectivity index (χ3v) is 7.48. The first-order valence-electron chi connectivity index (χ1n) is 11.1. The number of piperidine rings is 1. The lowest BCUT2D eigenvalue weighted by molar-refractivity contribution is -0.157. The second-order valence-electron chi connectivity index (χ2n) is 9.00. The van der Waals surface area contributed by atoms with Gasteiger partial charge in [0.05, 0.1) is 20.0 Å². The fourth-order valence-corrected chi connectivity index (χ4v) is 6.06. The molecule has 1 aromatic carbocycles. The van der Waals surface area contributed by atoms with Gasteiger partial charge in [0, 0.05) is 30.0 Å². The molecule has 1 unspecified atom stereocenters. The summed E-state index contributed by atoms with van der Waals surface area (Å²) in [6, 6.07) is 4.45. The van der Waals surface area contributed by atoms with E-state index in [2.05, 4.69) is 28.8 Å². The van der Waals surface area contributed by atoms with Gasteiger partial charge < -0.3 is 28.6 Å². The van der Waals surface area contributed by atoms with Crippen molar-refractivity contribution in [3.05, 3.63) is 35.4 Å². The number of benzene rings is 1. The first kappa shape index (κ1) is 21.3. The molecule has 2 heterocycles. The quantitative estimate of drug-likeness (QED) is 0.359.